The van der Waals surface area contributed by atoms with Crippen LogP contribution in [0.25, 0.3) is 10.9 Å². The zero-order valence-corrected chi connectivity index (χ0v) is 13.7. The van der Waals surface area contributed by atoms with Gasteiger partial charge in [-0.05, 0) is 18.9 Å². The lowest BCUT2D eigenvalue weighted by Crippen LogP contribution is -2.50. The molecule has 0 saturated carbocycles. The zero-order valence-electron chi connectivity index (χ0n) is 13.7. The first-order chi connectivity index (χ1) is 11.7. The molecule has 1 aromatic carbocycles. The quantitative estimate of drug-likeness (QED) is 0.914. The highest BCUT2D eigenvalue weighted by Gasteiger charge is 2.51. The molecule has 124 valence electrons. The SMILES string of the molecule is CN1C(=O)C2(CCOCC2)NC1c1cn(CC#N)c2ccccc12. The number of amides is 1. The van der Waals surface area contributed by atoms with Crippen LogP contribution in [0.5, 0.6) is 0 Å². The highest BCUT2D eigenvalue weighted by atomic mass is 16.5. The molecule has 0 bridgehead atoms. The van der Waals surface area contributed by atoms with E-state index >= 15 is 0 Å². The number of ether oxygens (including phenoxy) is 1. The van der Waals surface area contributed by atoms with Gasteiger partial charge in [0.05, 0.1) is 6.07 Å². The van der Waals surface area contributed by atoms with E-state index in [1.807, 2.05) is 42.1 Å². The molecule has 6 nitrogen and oxygen atoms in total. The smallest absolute Gasteiger partial charge is 0.244 e. The summed E-state index contributed by atoms with van der Waals surface area (Å²) in [5.74, 6) is 0.132. The molecular weight excluding hydrogens is 304 g/mol. The molecule has 3 heterocycles. The third-order valence-corrected chi connectivity index (χ3v) is 5.23. The number of fused-ring (bicyclic) bond motifs is 1. The van der Waals surface area contributed by atoms with Gasteiger partial charge in [-0.2, -0.15) is 5.26 Å². The van der Waals surface area contributed by atoms with Crippen LogP contribution in [0.2, 0.25) is 0 Å². The van der Waals surface area contributed by atoms with E-state index in [0.717, 1.165) is 16.5 Å². The Hall–Kier alpha value is -2.36. The van der Waals surface area contributed by atoms with E-state index in [0.29, 0.717) is 32.6 Å². The van der Waals surface area contributed by atoms with Crippen molar-refractivity contribution in [2.24, 2.45) is 0 Å². The normalized spacial score (nSPS) is 23.1. The van der Waals surface area contributed by atoms with E-state index in [1.165, 1.54) is 0 Å². The summed E-state index contributed by atoms with van der Waals surface area (Å²) in [7, 11) is 1.85. The van der Waals surface area contributed by atoms with Gasteiger partial charge in [-0.25, -0.2) is 0 Å². The van der Waals surface area contributed by atoms with Gasteiger partial charge in [0.2, 0.25) is 5.91 Å². The Bertz CT molecular complexity index is 829. The second-order valence-electron chi connectivity index (χ2n) is 6.55. The Kier molecular flexibility index (Phi) is 3.56. The number of nitrogens with zero attached hydrogens (tertiary/aromatic N) is 3. The maximum Gasteiger partial charge on any atom is 0.244 e. The number of likely N-dealkylation sites (N-methyl/N-ethyl adjacent to an activating group) is 1. The fraction of sp³-hybridized carbons (Fsp3) is 0.444. The van der Waals surface area contributed by atoms with Crippen LogP contribution in [0.3, 0.4) is 0 Å². The van der Waals surface area contributed by atoms with Gasteiger partial charge in [0, 0.05) is 42.9 Å². The van der Waals surface area contributed by atoms with Crippen LogP contribution in [0.4, 0.5) is 0 Å². The number of carbonyl (C=O) groups is 1. The van der Waals surface area contributed by atoms with Gasteiger partial charge in [0.25, 0.3) is 0 Å². The second kappa shape index (κ2) is 5.62. The van der Waals surface area contributed by atoms with Crippen LogP contribution < -0.4 is 5.32 Å². The Balaban J connectivity index is 1.78. The van der Waals surface area contributed by atoms with Gasteiger partial charge in [0.1, 0.15) is 18.2 Å². The summed E-state index contributed by atoms with van der Waals surface area (Å²) in [6.45, 7) is 1.51. The number of benzene rings is 1. The van der Waals surface area contributed by atoms with E-state index in [2.05, 4.69) is 11.4 Å². The summed E-state index contributed by atoms with van der Waals surface area (Å²) < 4.78 is 7.38. The molecule has 1 spiro atoms. The number of rotatable bonds is 2. The molecule has 1 N–H and O–H groups in total. The zero-order chi connectivity index (χ0) is 16.7. The minimum absolute atomic E-state index is 0.132. The first-order valence-corrected chi connectivity index (χ1v) is 8.24. The van der Waals surface area contributed by atoms with Crippen LogP contribution in [0.1, 0.15) is 24.6 Å². The van der Waals surface area contributed by atoms with E-state index in [1.54, 1.807) is 4.90 Å². The molecule has 1 aromatic heterocycles. The number of hydrogen-bond acceptors (Lipinski definition) is 4. The first kappa shape index (κ1) is 15.2. The summed E-state index contributed by atoms with van der Waals surface area (Å²) in [4.78, 5) is 14.7. The molecule has 2 saturated heterocycles. The fourth-order valence-corrected chi connectivity index (χ4v) is 3.94. The number of nitriles is 1. The molecule has 0 radical (unpaired) electrons. The number of carbonyl (C=O) groups excluding carboxylic acids is 1. The standard InChI is InChI=1S/C18H20N4O2/c1-21-16(20-18(17(21)23)6-10-24-11-7-18)14-12-22(9-8-19)15-5-3-2-4-13(14)15/h2-5,12,16,20H,6-7,9-11H2,1H3. The molecule has 1 unspecified atom stereocenters. The lowest BCUT2D eigenvalue weighted by Gasteiger charge is -2.31. The van der Waals surface area contributed by atoms with Crippen LogP contribution in [-0.4, -0.2) is 41.2 Å². The lowest BCUT2D eigenvalue weighted by atomic mass is 9.90. The van der Waals surface area contributed by atoms with Crippen molar-refractivity contribution in [2.75, 3.05) is 20.3 Å². The highest BCUT2D eigenvalue weighted by Crippen LogP contribution is 2.38. The van der Waals surface area contributed by atoms with Crippen molar-refractivity contribution in [3.8, 4) is 6.07 Å². The average Bonchev–Trinajstić information content (AvgIpc) is 3.08. The number of hydrogen-bond donors (Lipinski definition) is 1. The number of aromatic nitrogens is 1. The van der Waals surface area contributed by atoms with Gasteiger partial charge >= 0.3 is 0 Å². The van der Waals surface area contributed by atoms with E-state index in [-0.39, 0.29) is 12.1 Å². The maximum absolute atomic E-state index is 12.9. The largest absolute Gasteiger partial charge is 0.381 e. The Labute approximate surface area is 140 Å². The van der Waals surface area contributed by atoms with Gasteiger partial charge in [0.15, 0.2) is 0 Å². The number of para-hydroxylation sites is 1. The average molecular weight is 324 g/mol. The molecule has 0 aliphatic carbocycles. The third kappa shape index (κ3) is 2.13. The third-order valence-electron chi connectivity index (χ3n) is 5.23. The van der Waals surface area contributed by atoms with Crippen molar-refractivity contribution in [1.29, 1.82) is 5.26 Å². The van der Waals surface area contributed by atoms with Crippen LogP contribution in [0, 0.1) is 11.3 Å². The van der Waals surface area contributed by atoms with Crippen molar-refractivity contribution in [1.82, 2.24) is 14.8 Å². The molecule has 1 atom stereocenters. The molecule has 2 aliphatic heterocycles. The molecule has 6 heteroatoms. The Morgan fingerprint density at radius 2 is 2.12 bits per heavy atom. The van der Waals surface area contributed by atoms with Crippen molar-refractivity contribution in [3.63, 3.8) is 0 Å². The predicted octanol–water partition coefficient (Wildman–Crippen LogP) is 1.77. The molecule has 2 fully saturated rings. The minimum atomic E-state index is -0.518. The topological polar surface area (TPSA) is 70.3 Å². The van der Waals surface area contributed by atoms with Gasteiger partial charge in [-0.3, -0.25) is 10.1 Å². The summed E-state index contributed by atoms with van der Waals surface area (Å²) in [6.07, 6.45) is 3.21. The summed E-state index contributed by atoms with van der Waals surface area (Å²) in [5, 5.41) is 13.7. The van der Waals surface area contributed by atoms with Crippen molar-refractivity contribution < 1.29 is 9.53 Å². The van der Waals surface area contributed by atoms with Crippen molar-refractivity contribution >= 4 is 16.8 Å². The summed E-state index contributed by atoms with van der Waals surface area (Å²) in [6, 6.07) is 10.2. The number of nitrogens with one attached hydrogen (secondary N) is 1. The van der Waals surface area contributed by atoms with Crippen LogP contribution in [-0.2, 0) is 16.1 Å². The minimum Gasteiger partial charge on any atom is -0.381 e. The molecular formula is C18H20N4O2. The Morgan fingerprint density at radius 1 is 1.38 bits per heavy atom. The second-order valence-corrected chi connectivity index (χ2v) is 6.55. The van der Waals surface area contributed by atoms with E-state index < -0.39 is 5.54 Å². The van der Waals surface area contributed by atoms with Gasteiger partial charge in [-0.1, -0.05) is 18.2 Å². The monoisotopic (exact) mass is 324 g/mol. The molecule has 24 heavy (non-hydrogen) atoms. The molecule has 2 aliphatic rings. The van der Waals surface area contributed by atoms with Gasteiger partial charge < -0.3 is 14.2 Å². The van der Waals surface area contributed by atoms with E-state index in [9.17, 15) is 4.79 Å². The van der Waals surface area contributed by atoms with Gasteiger partial charge in [-0.15, -0.1) is 0 Å². The van der Waals surface area contributed by atoms with E-state index in [4.69, 9.17) is 10.00 Å². The predicted molar refractivity (Wildman–Crippen MR) is 89.0 cm³/mol. The maximum atomic E-state index is 12.9. The van der Waals surface area contributed by atoms with Crippen LogP contribution in [0.15, 0.2) is 30.5 Å². The van der Waals surface area contributed by atoms with Crippen molar-refractivity contribution in [2.45, 2.75) is 31.1 Å². The molecule has 4 rings (SSSR count). The molecule has 2 aromatic rings. The first-order valence-electron chi connectivity index (χ1n) is 8.24. The summed E-state index contributed by atoms with van der Waals surface area (Å²) in [5.41, 5.74) is 1.54. The lowest BCUT2D eigenvalue weighted by molar-refractivity contribution is -0.134. The fourth-order valence-electron chi connectivity index (χ4n) is 3.94. The molecule has 1 amide bonds. The highest BCUT2D eigenvalue weighted by molar-refractivity contribution is 5.91. The Morgan fingerprint density at radius 3 is 2.88 bits per heavy atom. The van der Waals surface area contributed by atoms with Crippen molar-refractivity contribution in [3.05, 3.63) is 36.0 Å². The summed E-state index contributed by atoms with van der Waals surface area (Å²) >= 11 is 0. The van der Waals surface area contributed by atoms with Crippen LogP contribution >= 0.6 is 0 Å².